The summed E-state index contributed by atoms with van der Waals surface area (Å²) in [6.45, 7) is 2.06. The summed E-state index contributed by atoms with van der Waals surface area (Å²) < 4.78 is 0. The number of benzene rings is 2. The van der Waals surface area contributed by atoms with Gasteiger partial charge in [0.05, 0.1) is 5.92 Å². The van der Waals surface area contributed by atoms with E-state index in [0.717, 1.165) is 24.1 Å². The Balaban J connectivity index is 2.02. The average Bonchev–Trinajstić information content (AvgIpc) is 2.61. The van der Waals surface area contributed by atoms with Crippen LogP contribution < -0.4 is 11.1 Å². The quantitative estimate of drug-likeness (QED) is 0.596. The number of amidine groups is 1. The van der Waals surface area contributed by atoms with Crippen LogP contribution >= 0.6 is 0 Å². The van der Waals surface area contributed by atoms with E-state index in [2.05, 4.69) is 17.2 Å². The SMILES string of the molecule is CCCC(C(=O)N=C(N)/C=C\Nc1ccccc1)c1ccccc1. The summed E-state index contributed by atoms with van der Waals surface area (Å²) >= 11 is 0. The molecule has 0 aromatic heterocycles. The van der Waals surface area contributed by atoms with Crippen LogP contribution in [-0.4, -0.2) is 11.7 Å². The molecule has 1 amide bonds. The maximum Gasteiger partial charge on any atom is 0.255 e. The second kappa shape index (κ2) is 9.30. The second-order valence-electron chi connectivity index (χ2n) is 5.47. The lowest BCUT2D eigenvalue weighted by atomic mass is 9.94. The number of amides is 1. The van der Waals surface area contributed by atoms with E-state index >= 15 is 0 Å². The highest BCUT2D eigenvalue weighted by atomic mass is 16.1. The highest BCUT2D eigenvalue weighted by Crippen LogP contribution is 2.22. The van der Waals surface area contributed by atoms with E-state index in [-0.39, 0.29) is 17.7 Å². The van der Waals surface area contributed by atoms with Crippen LogP contribution in [-0.2, 0) is 4.79 Å². The van der Waals surface area contributed by atoms with Crippen LogP contribution in [0.5, 0.6) is 0 Å². The Bertz CT molecular complexity index is 693. The van der Waals surface area contributed by atoms with E-state index in [1.54, 1.807) is 12.3 Å². The van der Waals surface area contributed by atoms with Crippen LogP contribution in [0.25, 0.3) is 0 Å². The lowest BCUT2D eigenvalue weighted by Crippen LogP contribution is -2.16. The van der Waals surface area contributed by atoms with Crippen molar-refractivity contribution in [1.82, 2.24) is 0 Å². The topological polar surface area (TPSA) is 67.5 Å². The summed E-state index contributed by atoms with van der Waals surface area (Å²) in [5.41, 5.74) is 7.78. The zero-order chi connectivity index (χ0) is 17.2. The van der Waals surface area contributed by atoms with Crippen molar-refractivity contribution in [2.45, 2.75) is 25.7 Å². The minimum atomic E-state index is -0.245. The molecule has 1 atom stereocenters. The Hall–Kier alpha value is -2.88. The molecule has 1 unspecified atom stereocenters. The predicted octanol–water partition coefficient (Wildman–Crippen LogP) is 4.08. The van der Waals surface area contributed by atoms with Crippen LogP contribution in [0.4, 0.5) is 5.69 Å². The summed E-state index contributed by atoms with van der Waals surface area (Å²) in [6.07, 6.45) is 4.94. The Morgan fingerprint density at radius 3 is 2.38 bits per heavy atom. The lowest BCUT2D eigenvalue weighted by molar-refractivity contribution is -0.119. The molecule has 2 aromatic rings. The molecule has 2 rings (SSSR count). The molecule has 0 aliphatic heterocycles. The van der Waals surface area contributed by atoms with Gasteiger partial charge in [-0.3, -0.25) is 4.79 Å². The van der Waals surface area contributed by atoms with Gasteiger partial charge < -0.3 is 11.1 Å². The van der Waals surface area contributed by atoms with Crippen LogP contribution in [0.3, 0.4) is 0 Å². The van der Waals surface area contributed by atoms with E-state index in [1.165, 1.54) is 0 Å². The normalized spacial score (nSPS) is 13.0. The van der Waals surface area contributed by atoms with Crippen LogP contribution in [0.1, 0.15) is 31.2 Å². The number of hydrogen-bond donors (Lipinski definition) is 2. The smallest absolute Gasteiger partial charge is 0.255 e. The number of nitrogens with zero attached hydrogens (tertiary/aromatic N) is 1. The maximum absolute atomic E-state index is 12.5. The van der Waals surface area contributed by atoms with Gasteiger partial charge in [-0.1, -0.05) is 61.9 Å². The maximum atomic E-state index is 12.5. The molecule has 4 nitrogen and oxygen atoms in total. The van der Waals surface area contributed by atoms with Gasteiger partial charge in [0.2, 0.25) is 0 Å². The van der Waals surface area contributed by atoms with Gasteiger partial charge in [0.15, 0.2) is 0 Å². The summed E-state index contributed by atoms with van der Waals surface area (Å²) in [7, 11) is 0. The molecule has 0 bridgehead atoms. The highest BCUT2D eigenvalue weighted by Gasteiger charge is 2.19. The summed E-state index contributed by atoms with van der Waals surface area (Å²) in [4.78, 5) is 16.5. The van der Waals surface area contributed by atoms with E-state index in [0.29, 0.717) is 0 Å². The molecule has 0 aliphatic rings. The molecular weight excluding hydrogens is 298 g/mol. The van der Waals surface area contributed by atoms with Gasteiger partial charge in [0.1, 0.15) is 5.84 Å². The standard InChI is InChI=1S/C20H23N3O/c1-2-9-18(16-10-5-3-6-11-16)20(24)23-19(21)14-15-22-17-12-7-4-8-13-17/h3-8,10-15,18,22H,2,9H2,1H3,(H2,21,23,24)/b15-14-. The van der Waals surface area contributed by atoms with Gasteiger partial charge in [0, 0.05) is 11.9 Å². The zero-order valence-electron chi connectivity index (χ0n) is 13.9. The summed E-state index contributed by atoms with van der Waals surface area (Å²) in [5, 5.41) is 3.08. The number of carbonyl (C=O) groups is 1. The first-order valence-electron chi connectivity index (χ1n) is 8.11. The van der Waals surface area contributed by atoms with Crippen LogP contribution in [0, 0.1) is 0 Å². The fourth-order valence-corrected chi connectivity index (χ4v) is 2.41. The van der Waals surface area contributed by atoms with Crippen molar-refractivity contribution in [2.75, 3.05) is 5.32 Å². The molecular formula is C20H23N3O. The minimum absolute atomic E-state index is 0.195. The Kier molecular flexibility index (Phi) is 6.77. The van der Waals surface area contributed by atoms with E-state index < -0.39 is 0 Å². The number of nitrogens with one attached hydrogen (secondary N) is 1. The van der Waals surface area contributed by atoms with Gasteiger partial charge >= 0.3 is 0 Å². The van der Waals surface area contributed by atoms with Gasteiger partial charge in [0.25, 0.3) is 5.91 Å². The molecule has 0 spiro atoms. The van der Waals surface area contributed by atoms with Gasteiger partial charge in [-0.2, -0.15) is 4.99 Å². The largest absolute Gasteiger partial charge is 0.384 e. The zero-order valence-corrected chi connectivity index (χ0v) is 13.9. The first kappa shape index (κ1) is 17.5. The number of para-hydroxylation sites is 1. The van der Waals surface area contributed by atoms with E-state index in [4.69, 9.17) is 5.73 Å². The molecule has 0 heterocycles. The van der Waals surface area contributed by atoms with Crippen molar-refractivity contribution in [1.29, 1.82) is 0 Å². The Morgan fingerprint density at radius 2 is 1.75 bits per heavy atom. The van der Waals surface area contributed by atoms with Crippen LogP contribution in [0.2, 0.25) is 0 Å². The molecule has 0 radical (unpaired) electrons. The number of anilines is 1. The first-order chi connectivity index (χ1) is 11.7. The van der Waals surface area contributed by atoms with Crippen molar-refractivity contribution in [3.63, 3.8) is 0 Å². The predicted molar refractivity (Wildman–Crippen MR) is 99.9 cm³/mol. The molecule has 0 fully saturated rings. The molecule has 24 heavy (non-hydrogen) atoms. The van der Waals surface area contributed by atoms with Crippen LogP contribution in [0.15, 0.2) is 77.9 Å². The minimum Gasteiger partial charge on any atom is -0.384 e. The molecule has 4 heteroatoms. The molecule has 2 aromatic carbocycles. The third kappa shape index (κ3) is 5.39. The number of carbonyl (C=O) groups excluding carboxylic acids is 1. The fourth-order valence-electron chi connectivity index (χ4n) is 2.41. The molecule has 3 N–H and O–H groups in total. The number of aliphatic imine (C=N–C) groups is 1. The molecule has 0 saturated heterocycles. The van der Waals surface area contributed by atoms with Crippen molar-refractivity contribution < 1.29 is 4.79 Å². The number of nitrogens with two attached hydrogens (primary N) is 1. The number of rotatable bonds is 7. The fraction of sp³-hybridized carbons (Fsp3) is 0.200. The van der Waals surface area contributed by atoms with Gasteiger partial charge in [-0.05, 0) is 30.2 Å². The van der Waals surface area contributed by atoms with Gasteiger partial charge in [-0.15, -0.1) is 0 Å². The lowest BCUT2D eigenvalue weighted by Gasteiger charge is -2.12. The Morgan fingerprint density at radius 1 is 1.12 bits per heavy atom. The highest BCUT2D eigenvalue weighted by molar-refractivity contribution is 6.01. The third-order valence-electron chi connectivity index (χ3n) is 3.59. The second-order valence-corrected chi connectivity index (χ2v) is 5.47. The number of hydrogen-bond acceptors (Lipinski definition) is 2. The first-order valence-corrected chi connectivity index (χ1v) is 8.11. The monoisotopic (exact) mass is 321 g/mol. The molecule has 124 valence electrons. The Labute approximate surface area is 143 Å². The van der Waals surface area contributed by atoms with E-state index in [9.17, 15) is 4.79 Å². The van der Waals surface area contributed by atoms with Crippen molar-refractivity contribution in [2.24, 2.45) is 10.7 Å². The third-order valence-corrected chi connectivity index (χ3v) is 3.59. The van der Waals surface area contributed by atoms with E-state index in [1.807, 2.05) is 60.7 Å². The summed E-state index contributed by atoms with van der Waals surface area (Å²) in [5.74, 6) is -0.254. The summed E-state index contributed by atoms with van der Waals surface area (Å²) in [6, 6.07) is 19.4. The van der Waals surface area contributed by atoms with Crippen molar-refractivity contribution in [3.8, 4) is 0 Å². The van der Waals surface area contributed by atoms with Crippen molar-refractivity contribution in [3.05, 3.63) is 78.5 Å². The van der Waals surface area contributed by atoms with Gasteiger partial charge in [-0.25, -0.2) is 0 Å². The molecule has 0 saturated carbocycles. The average molecular weight is 321 g/mol. The van der Waals surface area contributed by atoms with Crippen molar-refractivity contribution >= 4 is 17.4 Å². The molecule has 0 aliphatic carbocycles.